The molecule has 0 aliphatic rings. The Bertz CT molecular complexity index is 1060. The van der Waals surface area contributed by atoms with Gasteiger partial charge >= 0.3 is 5.97 Å². The number of hydrogen-bond donors (Lipinski definition) is 1. The van der Waals surface area contributed by atoms with E-state index in [1.807, 2.05) is 30.3 Å². The maximum atomic E-state index is 12.6. The van der Waals surface area contributed by atoms with Crippen molar-refractivity contribution >= 4 is 22.8 Å². The van der Waals surface area contributed by atoms with Gasteiger partial charge in [-0.25, -0.2) is 9.78 Å². The molecule has 0 fully saturated rings. The second-order valence-corrected chi connectivity index (χ2v) is 6.31. The van der Waals surface area contributed by atoms with Gasteiger partial charge in [0.2, 0.25) is 11.7 Å². The molecule has 7 nitrogen and oxygen atoms in total. The third-order valence-corrected chi connectivity index (χ3v) is 4.31. The molecule has 0 saturated carbocycles. The molecule has 7 heteroatoms. The number of nitrogens with one attached hydrogen (secondary N) is 1. The van der Waals surface area contributed by atoms with Gasteiger partial charge in [-0.2, -0.15) is 0 Å². The van der Waals surface area contributed by atoms with Crippen molar-refractivity contribution in [3.63, 3.8) is 0 Å². The number of aromatic nitrogens is 2. The molecule has 2 aromatic carbocycles. The normalized spacial score (nSPS) is 10.6. The summed E-state index contributed by atoms with van der Waals surface area (Å²) in [7, 11) is 0. The van der Waals surface area contributed by atoms with Gasteiger partial charge in [-0.15, -0.1) is 0 Å². The molecule has 0 aliphatic heterocycles. The number of fused-ring (bicyclic) bond motifs is 1. The van der Waals surface area contributed by atoms with Crippen molar-refractivity contribution in [2.45, 2.75) is 26.9 Å². The minimum absolute atomic E-state index is 0.103. The predicted octanol–water partition coefficient (Wildman–Crippen LogP) is 2.65. The van der Waals surface area contributed by atoms with Crippen LogP contribution in [0.3, 0.4) is 0 Å². The number of ether oxygens (including phenoxy) is 1. The Morgan fingerprint density at radius 1 is 1.07 bits per heavy atom. The molecule has 0 bridgehead atoms. The highest BCUT2D eigenvalue weighted by Gasteiger charge is 2.17. The third-order valence-electron chi connectivity index (χ3n) is 4.31. The lowest BCUT2D eigenvalue weighted by Crippen LogP contribution is -2.28. The molecule has 0 atom stereocenters. The van der Waals surface area contributed by atoms with E-state index in [0.29, 0.717) is 23.0 Å². The van der Waals surface area contributed by atoms with E-state index < -0.39 is 11.5 Å². The van der Waals surface area contributed by atoms with Gasteiger partial charge in [0.25, 0.3) is 5.56 Å². The van der Waals surface area contributed by atoms with Crippen LogP contribution in [-0.2, 0) is 22.6 Å². The van der Waals surface area contributed by atoms with Crippen LogP contribution in [-0.4, -0.2) is 33.4 Å². The first-order valence-corrected chi connectivity index (χ1v) is 8.98. The van der Waals surface area contributed by atoms with E-state index in [4.69, 9.17) is 4.74 Å². The monoisotopic (exact) mass is 379 g/mol. The van der Waals surface area contributed by atoms with E-state index >= 15 is 0 Å². The first kappa shape index (κ1) is 19.3. The van der Waals surface area contributed by atoms with Crippen molar-refractivity contribution in [3.05, 3.63) is 75.8 Å². The predicted molar refractivity (Wildman–Crippen MR) is 105 cm³/mol. The van der Waals surface area contributed by atoms with Crippen LogP contribution in [0.15, 0.2) is 53.3 Å². The first-order chi connectivity index (χ1) is 13.5. The zero-order valence-corrected chi connectivity index (χ0v) is 15.8. The molecule has 0 unspecified atom stereocenters. The highest BCUT2D eigenvalue weighted by molar-refractivity contribution is 5.89. The van der Waals surface area contributed by atoms with E-state index in [0.717, 1.165) is 5.56 Å². The molecule has 3 aromatic rings. The Morgan fingerprint density at radius 3 is 2.50 bits per heavy atom. The lowest BCUT2D eigenvalue weighted by molar-refractivity contribution is -0.130. The van der Waals surface area contributed by atoms with Crippen LogP contribution in [0.5, 0.6) is 0 Å². The van der Waals surface area contributed by atoms with Crippen LogP contribution >= 0.6 is 0 Å². The third kappa shape index (κ3) is 4.25. The molecule has 1 aromatic heterocycles. The Labute approximate surface area is 162 Å². The second kappa shape index (κ2) is 8.47. The van der Waals surface area contributed by atoms with Crippen LogP contribution in [0.1, 0.15) is 35.6 Å². The van der Waals surface area contributed by atoms with Crippen molar-refractivity contribution in [1.82, 2.24) is 14.9 Å². The van der Waals surface area contributed by atoms with Gasteiger partial charge in [-0.1, -0.05) is 42.5 Å². The summed E-state index contributed by atoms with van der Waals surface area (Å²) < 4.78 is 4.90. The molecule has 0 radical (unpaired) electrons. The number of carbonyl (C=O) groups is 2. The van der Waals surface area contributed by atoms with E-state index in [-0.39, 0.29) is 24.9 Å². The topological polar surface area (TPSA) is 92.4 Å². The molecule has 0 saturated heterocycles. The second-order valence-electron chi connectivity index (χ2n) is 6.31. The SMILES string of the molecule is CCOC(=O)c1nc2cccc(CN(Cc3ccccc3)C(C)=O)c2c(=O)[nH]1. The van der Waals surface area contributed by atoms with Gasteiger partial charge < -0.3 is 14.6 Å². The molecular formula is C21H21N3O4. The van der Waals surface area contributed by atoms with Crippen molar-refractivity contribution in [3.8, 4) is 0 Å². The van der Waals surface area contributed by atoms with Crippen molar-refractivity contribution in [2.24, 2.45) is 0 Å². The van der Waals surface area contributed by atoms with Crippen LogP contribution in [0.4, 0.5) is 0 Å². The Balaban J connectivity index is 1.97. The molecule has 1 amide bonds. The van der Waals surface area contributed by atoms with E-state index in [2.05, 4.69) is 9.97 Å². The van der Waals surface area contributed by atoms with Gasteiger partial charge in [0, 0.05) is 20.0 Å². The molecule has 3 rings (SSSR count). The molecule has 28 heavy (non-hydrogen) atoms. The summed E-state index contributed by atoms with van der Waals surface area (Å²) in [6.45, 7) is 4.05. The Morgan fingerprint density at radius 2 is 1.82 bits per heavy atom. The van der Waals surface area contributed by atoms with Gasteiger partial charge in [-0.05, 0) is 24.1 Å². The lowest BCUT2D eigenvalue weighted by atomic mass is 10.1. The first-order valence-electron chi connectivity index (χ1n) is 8.98. The summed E-state index contributed by atoms with van der Waals surface area (Å²) in [5.74, 6) is -0.918. The zero-order valence-electron chi connectivity index (χ0n) is 15.8. The summed E-state index contributed by atoms with van der Waals surface area (Å²) in [6, 6.07) is 14.8. The fourth-order valence-electron chi connectivity index (χ4n) is 2.98. The molecule has 1 heterocycles. The van der Waals surface area contributed by atoms with Crippen molar-refractivity contribution in [1.29, 1.82) is 0 Å². The largest absolute Gasteiger partial charge is 0.460 e. The number of amides is 1. The number of carbonyl (C=O) groups excluding carboxylic acids is 2. The number of benzene rings is 2. The summed E-state index contributed by atoms with van der Waals surface area (Å²) in [5.41, 5.74) is 1.60. The van der Waals surface area contributed by atoms with Crippen LogP contribution < -0.4 is 5.56 Å². The molecule has 144 valence electrons. The Hall–Kier alpha value is -3.48. The number of aromatic amines is 1. The maximum Gasteiger partial charge on any atom is 0.374 e. The highest BCUT2D eigenvalue weighted by Crippen LogP contribution is 2.17. The van der Waals surface area contributed by atoms with E-state index in [1.54, 1.807) is 30.0 Å². The van der Waals surface area contributed by atoms with Crippen LogP contribution in [0.25, 0.3) is 10.9 Å². The van der Waals surface area contributed by atoms with Gasteiger partial charge in [-0.3, -0.25) is 9.59 Å². The summed E-state index contributed by atoms with van der Waals surface area (Å²) in [6.07, 6.45) is 0. The fraction of sp³-hybridized carbons (Fsp3) is 0.238. The van der Waals surface area contributed by atoms with Gasteiger partial charge in [0.05, 0.1) is 17.5 Å². The fourth-order valence-corrected chi connectivity index (χ4v) is 2.98. The van der Waals surface area contributed by atoms with Crippen molar-refractivity contribution < 1.29 is 14.3 Å². The average Bonchev–Trinajstić information content (AvgIpc) is 2.68. The average molecular weight is 379 g/mol. The van der Waals surface area contributed by atoms with E-state index in [9.17, 15) is 14.4 Å². The zero-order chi connectivity index (χ0) is 20.1. The van der Waals surface area contributed by atoms with Gasteiger partial charge in [0.1, 0.15) is 0 Å². The van der Waals surface area contributed by atoms with Crippen LogP contribution in [0.2, 0.25) is 0 Å². The molecular weight excluding hydrogens is 358 g/mol. The summed E-state index contributed by atoms with van der Waals surface area (Å²) in [4.78, 5) is 45.0. The number of nitrogens with zero attached hydrogens (tertiary/aromatic N) is 2. The van der Waals surface area contributed by atoms with E-state index in [1.165, 1.54) is 6.92 Å². The minimum Gasteiger partial charge on any atom is -0.460 e. The highest BCUT2D eigenvalue weighted by atomic mass is 16.5. The lowest BCUT2D eigenvalue weighted by Gasteiger charge is -2.22. The number of hydrogen-bond acceptors (Lipinski definition) is 5. The quantitative estimate of drug-likeness (QED) is 0.665. The summed E-state index contributed by atoms with van der Waals surface area (Å²) >= 11 is 0. The Kier molecular flexibility index (Phi) is 5.84. The molecule has 0 aliphatic carbocycles. The smallest absolute Gasteiger partial charge is 0.374 e. The number of rotatable bonds is 6. The maximum absolute atomic E-state index is 12.6. The summed E-state index contributed by atoms with van der Waals surface area (Å²) in [5, 5.41) is 0.356. The molecule has 0 spiro atoms. The van der Waals surface area contributed by atoms with Gasteiger partial charge in [0.15, 0.2) is 0 Å². The molecule has 1 N–H and O–H groups in total. The van der Waals surface area contributed by atoms with Crippen LogP contribution in [0, 0.1) is 0 Å². The number of H-pyrrole nitrogens is 1. The number of esters is 1. The minimum atomic E-state index is -0.679. The standard InChI is InChI=1S/C21H21N3O4/c1-3-28-21(27)19-22-17-11-7-10-16(18(17)20(26)23-19)13-24(14(2)25)12-15-8-5-4-6-9-15/h4-11H,3,12-13H2,1-2H3,(H,22,23,26). The van der Waals surface area contributed by atoms with Crippen molar-refractivity contribution in [2.75, 3.05) is 6.61 Å².